The van der Waals surface area contributed by atoms with Gasteiger partial charge in [0.1, 0.15) is 6.10 Å². The number of hydrogen-bond donors (Lipinski definition) is 0. The number of carbonyl (C=O) groups excluding carboxylic acids is 1. The van der Waals surface area contributed by atoms with E-state index >= 15 is 0 Å². The van der Waals surface area contributed by atoms with Gasteiger partial charge in [-0.1, -0.05) is 37.3 Å². The Morgan fingerprint density at radius 2 is 1.79 bits per heavy atom. The van der Waals surface area contributed by atoms with Crippen LogP contribution >= 0.6 is 0 Å². The molecule has 0 bridgehead atoms. The highest BCUT2D eigenvalue weighted by Gasteiger charge is 2.16. The molecule has 0 amide bonds. The van der Waals surface area contributed by atoms with Crippen LogP contribution in [-0.2, 0) is 9.53 Å². The van der Waals surface area contributed by atoms with Crippen molar-refractivity contribution in [1.82, 2.24) is 0 Å². The highest BCUT2D eigenvalue weighted by molar-refractivity contribution is 5.66. The summed E-state index contributed by atoms with van der Waals surface area (Å²) in [4.78, 5) is 10.8. The first kappa shape index (κ1) is 10.8. The van der Waals surface area contributed by atoms with Crippen molar-refractivity contribution in [3.05, 3.63) is 35.9 Å². The maximum absolute atomic E-state index is 10.8. The van der Waals surface area contributed by atoms with E-state index in [-0.39, 0.29) is 18.0 Å². The Kier molecular flexibility index (Phi) is 3.69. The van der Waals surface area contributed by atoms with Crippen LogP contribution in [0.25, 0.3) is 0 Å². The molecule has 1 rings (SSSR count). The first-order valence-electron chi connectivity index (χ1n) is 4.83. The second-order valence-corrected chi connectivity index (χ2v) is 3.51. The fourth-order valence-corrected chi connectivity index (χ4v) is 1.39. The molecule has 2 nitrogen and oxygen atoms in total. The summed E-state index contributed by atoms with van der Waals surface area (Å²) in [7, 11) is 0. The summed E-state index contributed by atoms with van der Waals surface area (Å²) in [5, 5.41) is 0. The van der Waals surface area contributed by atoms with Gasteiger partial charge in [-0.25, -0.2) is 0 Å². The minimum absolute atomic E-state index is 0.0742. The average molecular weight is 192 g/mol. The van der Waals surface area contributed by atoms with Crippen molar-refractivity contribution in [2.24, 2.45) is 0 Å². The third-order valence-electron chi connectivity index (χ3n) is 2.38. The van der Waals surface area contributed by atoms with Gasteiger partial charge in [0.2, 0.25) is 0 Å². The average Bonchev–Trinajstić information content (AvgIpc) is 2.17. The molecule has 1 aromatic rings. The first-order valence-corrected chi connectivity index (χ1v) is 4.83. The molecule has 0 fully saturated rings. The molecule has 0 unspecified atom stereocenters. The van der Waals surface area contributed by atoms with Crippen molar-refractivity contribution >= 4 is 5.97 Å². The monoisotopic (exact) mass is 192 g/mol. The Hall–Kier alpha value is -1.31. The lowest BCUT2D eigenvalue weighted by Crippen LogP contribution is -2.19. The Morgan fingerprint density at radius 1 is 1.21 bits per heavy atom. The second kappa shape index (κ2) is 4.80. The molecule has 0 saturated heterocycles. The van der Waals surface area contributed by atoms with Crippen LogP contribution in [0.4, 0.5) is 0 Å². The Labute approximate surface area is 84.9 Å². The van der Waals surface area contributed by atoms with Crippen LogP contribution in [0.1, 0.15) is 32.3 Å². The number of ether oxygens (including phenoxy) is 1. The van der Waals surface area contributed by atoms with E-state index in [0.717, 1.165) is 0 Å². The van der Waals surface area contributed by atoms with Crippen LogP contribution in [0.3, 0.4) is 0 Å². The fraction of sp³-hybridized carbons (Fsp3) is 0.417. The minimum Gasteiger partial charge on any atom is -0.462 e. The zero-order chi connectivity index (χ0) is 10.6. The van der Waals surface area contributed by atoms with Gasteiger partial charge in [0.25, 0.3) is 0 Å². The molecular formula is C12H16O2. The Bertz CT molecular complexity index is 292. The number of esters is 1. The molecule has 0 aliphatic rings. The van der Waals surface area contributed by atoms with Crippen LogP contribution in [0.2, 0.25) is 0 Å². The van der Waals surface area contributed by atoms with Gasteiger partial charge in [0.05, 0.1) is 0 Å². The fourth-order valence-electron chi connectivity index (χ4n) is 1.39. The maximum Gasteiger partial charge on any atom is 0.302 e. The van der Waals surface area contributed by atoms with Gasteiger partial charge < -0.3 is 4.74 Å². The summed E-state index contributed by atoms with van der Waals surface area (Å²) >= 11 is 0. The van der Waals surface area contributed by atoms with Crippen molar-refractivity contribution in [1.29, 1.82) is 0 Å². The van der Waals surface area contributed by atoms with E-state index in [9.17, 15) is 4.79 Å². The second-order valence-electron chi connectivity index (χ2n) is 3.51. The SMILES string of the molecule is CC(=O)O[C@@H](C)[C@H](C)c1ccccc1. The summed E-state index contributed by atoms with van der Waals surface area (Å²) in [5.41, 5.74) is 1.20. The molecule has 0 aromatic heterocycles. The van der Waals surface area contributed by atoms with Gasteiger partial charge in [-0.15, -0.1) is 0 Å². The van der Waals surface area contributed by atoms with Crippen LogP contribution in [0.15, 0.2) is 30.3 Å². The molecule has 2 atom stereocenters. The van der Waals surface area contributed by atoms with Crippen molar-refractivity contribution in [2.45, 2.75) is 32.8 Å². The maximum atomic E-state index is 10.8. The summed E-state index contributed by atoms with van der Waals surface area (Å²) in [6, 6.07) is 10.1. The standard InChI is InChI=1S/C12H16O2/c1-9(10(2)14-11(3)13)12-7-5-4-6-8-12/h4-10H,1-3H3/t9-,10-/m0/s1. The van der Waals surface area contributed by atoms with Crippen molar-refractivity contribution in [3.63, 3.8) is 0 Å². The smallest absolute Gasteiger partial charge is 0.302 e. The zero-order valence-corrected chi connectivity index (χ0v) is 8.86. The van der Waals surface area contributed by atoms with Gasteiger partial charge in [-0.2, -0.15) is 0 Å². The van der Waals surface area contributed by atoms with Crippen LogP contribution in [0.5, 0.6) is 0 Å². The molecule has 14 heavy (non-hydrogen) atoms. The topological polar surface area (TPSA) is 26.3 Å². The van der Waals surface area contributed by atoms with E-state index in [2.05, 4.69) is 6.92 Å². The lowest BCUT2D eigenvalue weighted by Gasteiger charge is -2.19. The predicted octanol–water partition coefficient (Wildman–Crippen LogP) is 2.74. The van der Waals surface area contributed by atoms with E-state index in [1.807, 2.05) is 37.3 Å². The highest BCUT2D eigenvalue weighted by atomic mass is 16.5. The quantitative estimate of drug-likeness (QED) is 0.688. The molecule has 76 valence electrons. The molecule has 0 aliphatic carbocycles. The van der Waals surface area contributed by atoms with Gasteiger partial charge in [-0.05, 0) is 12.5 Å². The van der Waals surface area contributed by atoms with E-state index in [4.69, 9.17) is 4.74 Å². The summed E-state index contributed by atoms with van der Waals surface area (Å²) < 4.78 is 5.13. The molecule has 0 heterocycles. The lowest BCUT2D eigenvalue weighted by molar-refractivity contribution is -0.146. The summed E-state index contributed by atoms with van der Waals surface area (Å²) in [6.07, 6.45) is -0.0742. The Balaban J connectivity index is 2.65. The van der Waals surface area contributed by atoms with Crippen LogP contribution in [0, 0.1) is 0 Å². The van der Waals surface area contributed by atoms with E-state index in [1.165, 1.54) is 12.5 Å². The number of benzene rings is 1. The zero-order valence-electron chi connectivity index (χ0n) is 8.86. The molecule has 0 spiro atoms. The van der Waals surface area contributed by atoms with Crippen molar-refractivity contribution in [2.75, 3.05) is 0 Å². The Morgan fingerprint density at radius 3 is 2.29 bits per heavy atom. The van der Waals surface area contributed by atoms with Crippen LogP contribution in [-0.4, -0.2) is 12.1 Å². The van der Waals surface area contributed by atoms with E-state index in [1.54, 1.807) is 0 Å². The highest BCUT2D eigenvalue weighted by Crippen LogP contribution is 2.20. The molecule has 0 N–H and O–H groups in total. The number of carbonyl (C=O) groups is 1. The molecule has 1 aromatic carbocycles. The van der Waals surface area contributed by atoms with Gasteiger partial charge >= 0.3 is 5.97 Å². The summed E-state index contributed by atoms with van der Waals surface area (Å²) in [6.45, 7) is 5.41. The molecule has 0 radical (unpaired) electrons. The largest absolute Gasteiger partial charge is 0.462 e. The first-order chi connectivity index (χ1) is 6.61. The molecule has 0 aliphatic heterocycles. The molecular weight excluding hydrogens is 176 g/mol. The number of hydrogen-bond acceptors (Lipinski definition) is 2. The normalized spacial score (nSPS) is 14.5. The molecule has 2 heteroatoms. The van der Waals surface area contributed by atoms with Gasteiger partial charge in [0.15, 0.2) is 0 Å². The van der Waals surface area contributed by atoms with Gasteiger partial charge in [-0.3, -0.25) is 4.79 Å². The van der Waals surface area contributed by atoms with Crippen molar-refractivity contribution < 1.29 is 9.53 Å². The van der Waals surface area contributed by atoms with E-state index in [0.29, 0.717) is 0 Å². The van der Waals surface area contributed by atoms with Crippen LogP contribution < -0.4 is 0 Å². The summed E-state index contributed by atoms with van der Waals surface area (Å²) in [5.74, 6) is 0.0142. The molecule has 0 saturated carbocycles. The predicted molar refractivity (Wildman–Crippen MR) is 56.1 cm³/mol. The third-order valence-corrected chi connectivity index (χ3v) is 2.38. The minimum atomic E-state index is -0.222. The van der Waals surface area contributed by atoms with Crippen molar-refractivity contribution in [3.8, 4) is 0 Å². The van der Waals surface area contributed by atoms with Gasteiger partial charge in [0, 0.05) is 12.8 Å². The lowest BCUT2D eigenvalue weighted by atomic mass is 9.96. The van der Waals surface area contributed by atoms with E-state index < -0.39 is 0 Å². The third kappa shape index (κ3) is 2.87. The number of rotatable bonds is 3.